The Morgan fingerprint density at radius 3 is 2.35 bits per heavy atom. The summed E-state index contributed by atoms with van der Waals surface area (Å²) in [5.41, 5.74) is 0. The number of nitrogens with zero attached hydrogens (tertiary/aromatic N) is 2. The molecule has 0 radical (unpaired) electrons. The van der Waals surface area contributed by atoms with Gasteiger partial charge in [-0.2, -0.15) is 17.0 Å². The number of piperidine rings is 1. The lowest BCUT2D eigenvalue weighted by atomic mass is 9.96. The van der Waals surface area contributed by atoms with E-state index in [2.05, 4.69) is 6.92 Å². The number of carboxylic acid groups (broad SMARTS) is 1. The maximum atomic E-state index is 13.0. The summed E-state index contributed by atoms with van der Waals surface area (Å²) in [7, 11) is -3.60. The molecule has 2 aliphatic rings. The number of carbonyl (C=O) groups is 1. The molecule has 0 aromatic carbocycles. The van der Waals surface area contributed by atoms with Crippen LogP contribution in [-0.4, -0.2) is 67.0 Å². The van der Waals surface area contributed by atoms with Crippen molar-refractivity contribution in [1.82, 2.24) is 8.61 Å². The van der Waals surface area contributed by atoms with Crippen molar-refractivity contribution in [2.24, 2.45) is 5.92 Å². The molecule has 2 fully saturated rings. The highest BCUT2D eigenvalue weighted by Crippen LogP contribution is 2.26. The lowest BCUT2D eigenvalue weighted by Crippen LogP contribution is -2.52. The third-order valence-electron chi connectivity index (χ3n) is 4.92. The number of carboxylic acids is 1. The molecule has 7 nitrogen and oxygen atoms in total. The van der Waals surface area contributed by atoms with E-state index in [0.29, 0.717) is 45.1 Å². The van der Waals surface area contributed by atoms with E-state index in [1.54, 1.807) is 0 Å². The van der Waals surface area contributed by atoms with Crippen molar-refractivity contribution in [2.75, 3.05) is 32.8 Å². The van der Waals surface area contributed by atoms with E-state index >= 15 is 0 Å². The Hall–Kier alpha value is -0.700. The van der Waals surface area contributed by atoms with E-state index in [-0.39, 0.29) is 19.0 Å². The fourth-order valence-corrected chi connectivity index (χ4v) is 5.24. The van der Waals surface area contributed by atoms with Crippen LogP contribution in [0.2, 0.25) is 0 Å². The Labute approximate surface area is 138 Å². The molecule has 0 aromatic rings. The van der Waals surface area contributed by atoms with Gasteiger partial charge in [0.05, 0.1) is 6.42 Å². The van der Waals surface area contributed by atoms with Gasteiger partial charge in [-0.3, -0.25) is 4.79 Å². The van der Waals surface area contributed by atoms with Gasteiger partial charge in [0, 0.05) is 38.9 Å². The summed E-state index contributed by atoms with van der Waals surface area (Å²) in [5.74, 6) is -0.376. The molecule has 134 valence electrons. The fourth-order valence-electron chi connectivity index (χ4n) is 3.36. The molecular formula is C15H28N2O5S. The van der Waals surface area contributed by atoms with Crippen LogP contribution in [-0.2, 0) is 19.7 Å². The molecule has 2 rings (SSSR count). The Kier molecular flexibility index (Phi) is 6.82. The number of aliphatic carboxylic acids is 1. The fraction of sp³-hybridized carbons (Fsp3) is 0.933. The van der Waals surface area contributed by atoms with E-state index < -0.39 is 16.2 Å². The zero-order valence-corrected chi connectivity index (χ0v) is 14.6. The molecule has 2 aliphatic heterocycles. The van der Waals surface area contributed by atoms with Gasteiger partial charge in [-0.1, -0.05) is 13.3 Å². The van der Waals surface area contributed by atoms with Crippen molar-refractivity contribution in [2.45, 2.75) is 51.5 Å². The molecule has 2 saturated heterocycles. The second-order valence-electron chi connectivity index (χ2n) is 6.36. The van der Waals surface area contributed by atoms with Crippen LogP contribution < -0.4 is 0 Å². The van der Waals surface area contributed by atoms with Gasteiger partial charge in [-0.25, -0.2) is 0 Å². The smallest absolute Gasteiger partial charge is 0.304 e. The lowest BCUT2D eigenvalue weighted by Gasteiger charge is -2.39. The molecule has 0 spiro atoms. The maximum Gasteiger partial charge on any atom is 0.304 e. The first-order chi connectivity index (χ1) is 10.9. The average Bonchev–Trinajstić information content (AvgIpc) is 2.55. The molecule has 0 aliphatic carbocycles. The first kappa shape index (κ1) is 18.6. The second kappa shape index (κ2) is 8.41. The summed E-state index contributed by atoms with van der Waals surface area (Å²) in [6.45, 7) is 4.30. The highest BCUT2D eigenvalue weighted by atomic mass is 32.2. The molecule has 23 heavy (non-hydrogen) atoms. The van der Waals surface area contributed by atoms with Gasteiger partial charge >= 0.3 is 5.97 Å². The third-order valence-corrected chi connectivity index (χ3v) is 7.01. The highest BCUT2D eigenvalue weighted by molar-refractivity contribution is 7.86. The van der Waals surface area contributed by atoms with Crippen molar-refractivity contribution in [3.8, 4) is 0 Å². The summed E-state index contributed by atoms with van der Waals surface area (Å²) < 4.78 is 34.3. The van der Waals surface area contributed by atoms with Gasteiger partial charge in [0.2, 0.25) is 0 Å². The standard InChI is InChI=1S/C15H28N2O5S/c1-2-13-3-8-16(9-4-13)23(20,21)17(10-5-15(18)19)14-6-11-22-12-7-14/h13-14H,2-12H2,1H3,(H,18,19). The summed E-state index contributed by atoms with van der Waals surface area (Å²) in [5, 5.41) is 8.94. The highest BCUT2D eigenvalue weighted by Gasteiger charge is 2.37. The predicted octanol–water partition coefficient (Wildman–Crippen LogP) is 1.31. The normalized spacial score (nSPS) is 22.5. The van der Waals surface area contributed by atoms with Gasteiger partial charge in [0.15, 0.2) is 0 Å². The Balaban J connectivity index is 2.10. The molecule has 8 heteroatoms. The molecule has 0 unspecified atom stereocenters. The van der Waals surface area contributed by atoms with Crippen LogP contribution in [0.4, 0.5) is 0 Å². The molecular weight excluding hydrogens is 320 g/mol. The third kappa shape index (κ3) is 4.89. The minimum atomic E-state index is -3.60. The first-order valence-corrected chi connectivity index (χ1v) is 9.91. The van der Waals surface area contributed by atoms with Crippen LogP contribution >= 0.6 is 0 Å². The van der Waals surface area contributed by atoms with Crippen LogP contribution in [0.1, 0.15) is 45.4 Å². The number of rotatable bonds is 7. The molecule has 0 atom stereocenters. The summed E-state index contributed by atoms with van der Waals surface area (Å²) in [6, 6.07) is -0.156. The van der Waals surface area contributed by atoms with Crippen LogP contribution in [0.3, 0.4) is 0 Å². The molecule has 0 amide bonds. The van der Waals surface area contributed by atoms with Crippen molar-refractivity contribution in [3.63, 3.8) is 0 Å². The predicted molar refractivity (Wildman–Crippen MR) is 86.3 cm³/mol. The topological polar surface area (TPSA) is 87.2 Å². The Morgan fingerprint density at radius 1 is 1.22 bits per heavy atom. The van der Waals surface area contributed by atoms with Gasteiger partial charge in [0.1, 0.15) is 0 Å². The maximum absolute atomic E-state index is 13.0. The summed E-state index contributed by atoms with van der Waals surface area (Å²) in [6.07, 6.45) is 3.94. The number of ether oxygens (including phenoxy) is 1. The molecule has 0 bridgehead atoms. The zero-order chi connectivity index (χ0) is 16.9. The lowest BCUT2D eigenvalue weighted by molar-refractivity contribution is -0.137. The van der Waals surface area contributed by atoms with Crippen LogP contribution in [0, 0.1) is 5.92 Å². The molecule has 0 aromatic heterocycles. The summed E-state index contributed by atoms with van der Waals surface area (Å²) in [4.78, 5) is 10.9. The number of hydrogen-bond acceptors (Lipinski definition) is 4. The van der Waals surface area contributed by atoms with E-state index in [4.69, 9.17) is 9.84 Å². The SMILES string of the molecule is CCC1CCN(S(=O)(=O)N(CCC(=O)O)C2CCOCC2)CC1. The average molecular weight is 348 g/mol. The van der Waals surface area contributed by atoms with Crippen molar-refractivity contribution in [1.29, 1.82) is 0 Å². The molecule has 2 heterocycles. The quantitative estimate of drug-likeness (QED) is 0.749. The monoisotopic (exact) mass is 348 g/mol. The zero-order valence-electron chi connectivity index (χ0n) is 13.8. The molecule has 0 saturated carbocycles. The van der Waals surface area contributed by atoms with E-state index in [9.17, 15) is 13.2 Å². The van der Waals surface area contributed by atoms with Crippen LogP contribution in [0.15, 0.2) is 0 Å². The van der Waals surface area contributed by atoms with Crippen molar-refractivity contribution >= 4 is 16.2 Å². The molecule has 1 N–H and O–H groups in total. The minimum Gasteiger partial charge on any atom is -0.481 e. The van der Waals surface area contributed by atoms with E-state index in [1.807, 2.05) is 0 Å². The van der Waals surface area contributed by atoms with E-state index in [0.717, 1.165) is 19.3 Å². The largest absolute Gasteiger partial charge is 0.481 e. The van der Waals surface area contributed by atoms with Gasteiger partial charge in [-0.05, 0) is 31.6 Å². The van der Waals surface area contributed by atoms with Crippen LogP contribution in [0.25, 0.3) is 0 Å². The minimum absolute atomic E-state index is 0.0377. The van der Waals surface area contributed by atoms with E-state index in [1.165, 1.54) is 8.61 Å². The van der Waals surface area contributed by atoms with Gasteiger partial charge in [-0.15, -0.1) is 0 Å². The van der Waals surface area contributed by atoms with Gasteiger partial charge < -0.3 is 9.84 Å². The van der Waals surface area contributed by atoms with Crippen molar-refractivity contribution in [3.05, 3.63) is 0 Å². The van der Waals surface area contributed by atoms with Crippen molar-refractivity contribution < 1.29 is 23.1 Å². The summed E-state index contributed by atoms with van der Waals surface area (Å²) >= 11 is 0. The Bertz CT molecular complexity index is 482. The first-order valence-electron chi connectivity index (χ1n) is 8.51. The van der Waals surface area contributed by atoms with Gasteiger partial charge in [0.25, 0.3) is 10.2 Å². The second-order valence-corrected chi connectivity index (χ2v) is 8.24. The Morgan fingerprint density at radius 2 is 1.83 bits per heavy atom. The van der Waals surface area contributed by atoms with Crippen LogP contribution in [0.5, 0.6) is 0 Å². The number of hydrogen-bond donors (Lipinski definition) is 1.